The quantitative estimate of drug-likeness (QED) is 0.857. The normalized spacial score (nSPS) is 27.9. The molecule has 2 nitrogen and oxygen atoms in total. The molecule has 0 radical (unpaired) electrons. The van der Waals surface area contributed by atoms with Gasteiger partial charge in [-0.1, -0.05) is 18.2 Å². The van der Waals surface area contributed by atoms with Crippen molar-refractivity contribution >= 4 is 0 Å². The Bertz CT molecular complexity index is 463. The van der Waals surface area contributed by atoms with Crippen molar-refractivity contribution in [3.63, 3.8) is 0 Å². The Morgan fingerprint density at radius 2 is 1.90 bits per heavy atom. The third kappa shape index (κ3) is 3.53. The lowest BCUT2D eigenvalue weighted by atomic mass is 9.88. The van der Waals surface area contributed by atoms with Crippen LogP contribution in [0.25, 0.3) is 0 Å². The average molecular weight is 288 g/mol. The fraction of sp³-hybridized carbons (Fsp3) is 0.556. The lowest BCUT2D eigenvalue weighted by molar-refractivity contribution is 0.179. The van der Waals surface area contributed by atoms with Crippen molar-refractivity contribution in [2.45, 2.75) is 18.8 Å². The van der Waals surface area contributed by atoms with Crippen LogP contribution in [0, 0.1) is 17.7 Å². The first-order chi connectivity index (χ1) is 10.3. The van der Waals surface area contributed by atoms with Gasteiger partial charge >= 0.3 is 0 Å². The van der Waals surface area contributed by atoms with E-state index in [1.165, 1.54) is 24.9 Å². The van der Waals surface area contributed by atoms with Gasteiger partial charge in [-0.2, -0.15) is 0 Å². The Morgan fingerprint density at radius 3 is 2.57 bits per heavy atom. The molecule has 2 unspecified atom stereocenters. The highest BCUT2D eigenvalue weighted by Crippen LogP contribution is 2.29. The molecule has 1 aromatic carbocycles. The minimum Gasteiger partial charge on any atom is -0.316 e. The number of halogens is 1. The predicted octanol–water partition coefficient (Wildman–Crippen LogP) is 3.03. The van der Waals surface area contributed by atoms with Crippen LogP contribution in [0.15, 0.2) is 36.9 Å². The number of nitrogens with zero attached hydrogens (tertiary/aromatic N) is 1. The molecule has 2 heterocycles. The molecule has 2 fully saturated rings. The van der Waals surface area contributed by atoms with Crippen LogP contribution in [-0.2, 0) is 0 Å². The minimum absolute atomic E-state index is 0.139. The zero-order chi connectivity index (χ0) is 14.7. The van der Waals surface area contributed by atoms with E-state index in [-0.39, 0.29) is 5.82 Å². The van der Waals surface area contributed by atoms with E-state index in [1.807, 2.05) is 12.1 Å². The molecule has 2 atom stereocenters. The molecular formula is C18H25FN2. The summed E-state index contributed by atoms with van der Waals surface area (Å²) in [6.45, 7) is 9.65. The summed E-state index contributed by atoms with van der Waals surface area (Å²) in [7, 11) is 0. The van der Waals surface area contributed by atoms with Crippen molar-refractivity contribution in [1.29, 1.82) is 0 Å². The van der Waals surface area contributed by atoms with Crippen LogP contribution in [0.1, 0.15) is 24.3 Å². The SMILES string of the molecule is C=CC1CNCC1CN1CCC(c2ccc(F)cc2)CC1. The predicted molar refractivity (Wildman–Crippen MR) is 84.9 cm³/mol. The van der Waals surface area contributed by atoms with Gasteiger partial charge in [-0.05, 0) is 67.9 Å². The zero-order valence-electron chi connectivity index (χ0n) is 12.6. The number of hydrogen-bond acceptors (Lipinski definition) is 2. The first kappa shape index (κ1) is 14.7. The van der Waals surface area contributed by atoms with Crippen LogP contribution in [0.4, 0.5) is 4.39 Å². The largest absolute Gasteiger partial charge is 0.316 e. The van der Waals surface area contributed by atoms with E-state index >= 15 is 0 Å². The van der Waals surface area contributed by atoms with Gasteiger partial charge in [-0.25, -0.2) is 4.39 Å². The maximum absolute atomic E-state index is 13.0. The van der Waals surface area contributed by atoms with Gasteiger partial charge in [-0.15, -0.1) is 6.58 Å². The van der Waals surface area contributed by atoms with Crippen LogP contribution < -0.4 is 5.32 Å². The number of piperidine rings is 1. The van der Waals surface area contributed by atoms with Crippen LogP contribution in [0.5, 0.6) is 0 Å². The fourth-order valence-electron chi connectivity index (χ4n) is 3.74. The van der Waals surface area contributed by atoms with Crippen LogP contribution in [0.3, 0.4) is 0 Å². The van der Waals surface area contributed by atoms with E-state index in [0.29, 0.717) is 17.8 Å². The molecule has 21 heavy (non-hydrogen) atoms. The number of likely N-dealkylation sites (tertiary alicyclic amines) is 1. The van der Waals surface area contributed by atoms with Gasteiger partial charge in [0, 0.05) is 13.1 Å². The number of rotatable bonds is 4. The summed E-state index contributed by atoms with van der Waals surface area (Å²) < 4.78 is 13.0. The van der Waals surface area contributed by atoms with Crippen LogP contribution in [-0.4, -0.2) is 37.6 Å². The summed E-state index contributed by atoms with van der Waals surface area (Å²) in [6.07, 6.45) is 4.48. The number of hydrogen-bond donors (Lipinski definition) is 1. The van der Waals surface area contributed by atoms with E-state index in [2.05, 4.69) is 22.9 Å². The summed E-state index contributed by atoms with van der Waals surface area (Å²) in [5.41, 5.74) is 1.29. The second-order valence-corrected chi connectivity index (χ2v) is 6.44. The van der Waals surface area contributed by atoms with Crippen molar-refractivity contribution in [3.05, 3.63) is 48.3 Å². The molecule has 0 bridgehead atoms. The Kier molecular flexibility index (Phi) is 4.71. The second-order valence-electron chi connectivity index (χ2n) is 6.44. The van der Waals surface area contributed by atoms with Crippen LogP contribution >= 0.6 is 0 Å². The average Bonchev–Trinajstić information content (AvgIpc) is 2.96. The Morgan fingerprint density at radius 1 is 1.19 bits per heavy atom. The summed E-state index contributed by atoms with van der Waals surface area (Å²) in [6, 6.07) is 7.07. The summed E-state index contributed by atoms with van der Waals surface area (Å²) in [4.78, 5) is 2.59. The Labute approximate surface area is 127 Å². The topological polar surface area (TPSA) is 15.3 Å². The van der Waals surface area contributed by atoms with Gasteiger partial charge in [0.15, 0.2) is 0 Å². The fourth-order valence-corrected chi connectivity index (χ4v) is 3.74. The van der Waals surface area contributed by atoms with E-state index < -0.39 is 0 Å². The van der Waals surface area contributed by atoms with Gasteiger partial charge in [0.25, 0.3) is 0 Å². The van der Waals surface area contributed by atoms with Gasteiger partial charge in [0.2, 0.25) is 0 Å². The molecule has 1 N–H and O–H groups in total. The lowest BCUT2D eigenvalue weighted by Crippen LogP contribution is -2.38. The van der Waals surface area contributed by atoms with E-state index in [0.717, 1.165) is 26.2 Å². The molecule has 2 saturated heterocycles. The minimum atomic E-state index is -0.139. The molecule has 0 spiro atoms. The van der Waals surface area contributed by atoms with Gasteiger partial charge in [0.05, 0.1) is 0 Å². The maximum Gasteiger partial charge on any atom is 0.123 e. The van der Waals surface area contributed by atoms with Crippen molar-refractivity contribution in [1.82, 2.24) is 10.2 Å². The highest BCUT2D eigenvalue weighted by Gasteiger charge is 2.28. The first-order valence-corrected chi connectivity index (χ1v) is 8.07. The molecule has 1 aromatic rings. The summed E-state index contributed by atoms with van der Waals surface area (Å²) >= 11 is 0. The second kappa shape index (κ2) is 6.71. The Balaban J connectivity index is 1.51. The summed E-state index contributed by atoms with van der Waals surface area (Å²) in [5.74, 6) is 1.80. The third-order valence-corrected chi connectivity index (χ3v) is 5.12. The third-order valence-electron chi connectivity index (χ3n) is 5.12. The first-order valence-electron chi connectivity index (χ1n) is 8.07. The van der Waals surface area contributed by atoms with Crippen molar-refractivity contribution in [2.24, 2.45) is 11.8 Å². The van der Waals surface area contributed by atoms with E-state index in [4.69, 9.17) is 0 Å². The number of benzene rings is 1. The van der Waals surface area contributed by atoms with Gasteiger partial charge in [-0.3, -0.25) is 0 Å². The molecule has 114 valence electrons. The molecule has 0 aliphatic carbocycles. The monoisotopic (exact) mass is 288 g/mol. The molecule has 0 saturated carbocycles. The molecular weight excluding hydrogens is 263 g/mol. The molecule has 3 heteroatoms. The Hall–Kier alpha value is -1.19. The van der Waals surface area contributed by atoms with Crippen LogP contribution in [0.2, 0.25) is 0 Å². The lowest BCUT2D eigenvalue weighted by Gasteiger charge is -2.34. The zero-order valence-corrected chi connectivity index (χ0v) is 12.6. The summed E-state index contributed by atoms with van der Waals surface area (Å²) in [5, 5.41) is 3.47. The molecule has 2 aliphatic rings. The van der Waals surface area contributed by atoms with Gasteiger partial charge in [0.1, 0.15) is 5.82 Å². The highest BCUT2D eigenvalue weighted by atomic mass is 19.1. The molecule has 0 aromatic heterocycles. The smallest absolute Gasteiger partial charge is 0.123 e. The highest BCUT2D eigenvalue weighted by molar-refractivity contribution is 5.21. The standard InChI is InChI=1S/C18H25FN2/c1-2-14-11-20-12-17(14)13-21-9-7-16(8-10-21)15-3-5-18(19)6-4-15/h2-6,14,16-17,20H,1,7-13H2. The van der Waals surface area contributed by atoms with Crippen molar-refractivity contribution < 1.29 is 4.39 Å². The van der Waals surface area contributed by atoms with Crippen molar-refractivity contribution in [2.75, 3.05) is 32.7 Å². The van der Waals surface area contributed by atoms with E-state index in [9.17, 15) is 4.39 Å². The van der Waals surface area contributed by atoms with Crippen molar-refractivity contribution in [3.8, 4) is 0 Å². The van der Waals surface area contributed by atoms with Gasteiger partial charge < -0.3 is 10.2 Å². The molecule has 0 amide bonds. The molecule has 3 rings (SSSR count). The molecule has 2 aliphatic heterocycles. The number of nitrogens with one attached hydrogen (secondary N) is 1. The van der Waals surface area contributed by atoms with E-state index in [1.54, 1.807) is 12.1 Å². The maximum atomic E-state index is 13.0.